The van der Waals surface area contributed by atoms with Gasteiger partial charge in [0.15, 0.2) is 5.65 Å². The molecule has 1 aliphatic carbocycles. The number of aliphatic hydroxyl groups is 2. The Labute approximate surface area is 148 Å². The lowest BCUT2D eigenvalue weighted by molar-refractivity contribution is 0.0392. The number of aromatic nitrogens is 4. The van der Waals surface area contributed by atoms with Crippen LogP contribution in [0.1, 0.15) is 52.1 Å². The molecule has 7 heteroatoms. The molecule has 138 valence electrons. The second kappa shape index (κ2) is 7.66. The van der Waals surface area contributed by atoms with Gasteiger partial charge < -0.3 is 15.5 Å². The third kappa shape index (κ3) is 3.77. The highest BCUT2D eigenvalue weighted by molar-refractivity contribution is 5.89. The van der Waals surface area contributed by atoms with E-state index in [1.54, 1.807) is 6.33 Å². The van der Waals surface area contributed by atoms with Gasteiger partial charge in [-0.25, -0.2) is 14.6 Å². The van der Waals surface area contributed by atoms with Crippen LogP contribution < -0.4 is 5.32 Å². The third-order valence-electron chi connectivity index (χ3n) is 4.83. The van der Waals surface area contributed by atoms with Crippen LogP contribution in [0.5, 0.6) is 0 Å². The Morgan fingerprint density at radius 3 is 2.72 bits per heavy atom. The van der Waals surface area contributed by atoms with Crippen molar-refractivity contribution in [1.29, 1.82) is 0 Å². The number of hydrogen-bond donors (Lipinski definition) is 3. The first-order chi connectivity index (χ1) is 12.0. The van der Waals surface area contributed by atoms with Gasteiger partial charge in [0, 0.05) is 6.54 Å². The minimum absolute atomic E-state index is 0.195. The highest BCUT2D eigenvalue weighted by atomic mass is 16.3. The average molecular weight is 347 g/mol. The molecule has 1 fully saturated rings. The van der Waals surface area contributed by atoms with E-state index in [9.17, 15) is 10.2 Å². The first-order valence-corrected chi connectivity index (χ1v) is 9.34. The summed E-state index contributed by atoms with van der Waals surface area (Å²) in [5, 5.41) is 29.0. The van der Waals surface area contributed by atoms with Crippen molar-refractivity contribution < 1.29 is 10.2 Å². The van der Waals surface area contributed by atoms with E-state index in [1.165, 1.54) is 0 Å². The molecule has 0 amide bonds. The summed E-state index contributed by atoms with van der Waals surface area (Å²) in [7, 11) is 0. The van der Waals surface area contributed by atoms with E-state index in [-0.39, 0.29) is 6.04 Å². The molecule has 1 aliphatic rings. The fraction of sp³-hybridized carbons (Fsp3) is 0.722. The monoisotopic (exact) mass is 347 g/mol. The molecule has 0 radical (unpaired) electrons. The molecular weight excluding hydrogens is 318 g/mol. The number of aryl methyl sites for hydroxylation is 1. The number of rotatable bonds is 7. The molecule has 0 saturated heterocycles. The number of fused-ring (bicyclic) bond motifs is 1. The van der Waals surface area contributed by atoms with Gasteiger partial charge in [-0.3, -0.25) is 0 Å². The molecule has 0 spiro atoms. The van der Waals surface area contributed by atoms with E-state index in [0.29, 0.717) is 18.2 Å². The summed E-state index contributed by atoms with van der Waals surface area (Å²) in [5.74, 6) is 1.19. The quantitative estimate of drug-likeness (QED) is 0.710. The zero-order chi connectivity index (χ0) is 18.0. The fourth-order valence-corrected chi connectivity index (χ4v) is 3.48. The second-order valence-corrected chi connectivity index (χ2v) is 7.43. The van der Waals surface area contributed by atoms with Crippen molar-refractivity contribution in [1.82, 2.24) is 19.7 Å². The minimum Gasteiger partial charge on any atom is -0.390 e. The fourth-order valence-electron chi connectivity index (χ4n) is 3.48. The molecule has 3 atom stereocenters. The Balaban J connectivity index is 1.98. The molecular formula is C18H29N5O2. The Morgan fingerprint density at radius 2 is 2.08 bits per heavy atom. The summed E-state index contributed by atoms with van der Waals surface area (Å²) in [6.07, 6.45) is 4.44. The molecule has 0 aliphatic heterocycles. The summed E-state index contributed by atoms with van der Waals surface area (Å²) in [6, 6.07) is -0.195. The van der Waals surface area contributed by atoms with Crippen molar-refractivity contribution in [2.24, 2.45) is 5.92 Å². The van der Waals surface area contributed by atoms with Crippen LogP contribution in [0.3, 0.4) is 0 Å². The summed E-state index contributed by atoms with van der Waals surface area (Å²) in [5.41, 5.74) is 1.84. The Kier molecular flexibility index (Phi) is 5.54. The van der Waals surface area contributed by atoms with Crippen LogP contribution in [0, 0.1) is 5.92 Å². The van der Waals surface area contributed by atoms with Gasteiger partial charge in [0.25, 0.3) is 0 Å². The van der Waals surface area contributed by atoms with Crippen LogP contribution in [0.4, 0.5) is 5.82 Å². The Bertz CT molecular complexity index is 715. The van der Waals surface area contributed by atoms with Crippen LogP contribution in [-0.4, -0.2) is 48.2 Å². The van der Waals surface area contributed by atoms with E-state index in [4.69, 9.17) is 5.10 Å². The molecule has 25 heavy (non-hydrogen) atoms. The largest absolute Gasteiger partial charge is 0.390 e. The lowest BCUT2D eigenvalue weighted by Gasteiger charge is -2.19. The maximum Gasteiger partial charge on any atom is 0.163 e. The van der Waals surface area contributed by atoms with Crippen molar-refractivity contribution in [3.8, 4) is 0 Å². The normalized spacial score (nSPS) is 23.7. The van der Waals surface area contributed by atoms with Crippen LogP contribution >= 0.6 is 0 Å². The van der Waals surface area contributed by atoms with Crippen LogP contribution in [-0.2, 0) is 13.0 Å². The topological polar surface area (TPSA) is 96.1 Å². The van der Waals surface area contributed by atoms with Gasteiger partial charge in [-0.1, -0.05) is 27.2 Å². The molecule has 2 aromatic rings. The van der Waals surface area contributed by atoms with E-state index in [0.717, 1.165) is 49.0 Å². The number of unbranched alkanes of at least 4 members (excludes halogenated alkanes) is 1. The molecule has 2 aromatic heterocycles. The zero-order valence-electron chi connectivity index (χ0n) is 15.3. The molecule has 2 heterocycles. The zero-order valence-corrected chi connectivity index (χ0v) is 15.3. The lowest BCUT2D eigenvalue weighted by Crippen LogP contribution is -2.34. The van der Waals surface area contributed by atoms with Crippen molar-refractivity contribution in [3.05, 3.63) is 12.0 Å². The van der Waals surface area contributed by atoms with Gasteiger partial charge >= 0.3 is 0 Å². The average Bonchev–Trinajstić information content (AvgIpc) is 3.08. The number of hydrogen-bond acceptors (Lipinski definition) is 6. The predicted octanol–water partition coefficient (Wildman–Crippen LogP) is 2.12. The predicted molar refractivity (Wildman–Crippen MR) is 97.4 cm³/mol. The minimum atomic E-state index is -0.770. The molecule has 3 rings (SSSR count). The molecule has 0 aromatic carbocycles. The van der Waals surface area contributed by atoms with Gasteiger partial charge in [0.2, 0.25) is 0 Å². The van der Waals surface area contributed by atoms with Crippen LogP contribution in [0.25, 0.3) is 11.0 Å². The van der Waals surface area contributed by atoms with Gasteiger partial charge in [-0.05, 0) is 31.6 Å². The SMILES string of the molecule is CCCCn1nc(CC(C)C)c2c(N[C@@H]3CC[C@@H](O)[C@@H]3O)ncnc21. The molecule has 1 saturated carbocycles. The van der Waals surface area contributed by atoms with Crippen molar-refractivity contribution in [2.75, 3.05) is 5.32 Å². The van der Waals surface area contributed by atoms with E-state index >= 15 is 0 Å². The molecule has 3 N–H and O–H groups in total. The van der Waals surface area contributed by atoms with Gasteiger partial charge in [-0.15, -0.1) is 0 Å². The number of aliphatic hydroxyl groups excluding tert-OH is 2. The number of nitrogens with zero attached hydrogens (tertiary/aromatic N) is 4. The molecule has 0 unspecified atom stereocenters. The second-order valence-electron chi connectivity index (χ2n) is 7.43. The maximum atomic E-state index is 10.2. The van der Waals surface area contributed by atoms with Crippen LogP contribution in [0.2, 0.25) is 0 Å². The summed E-state index contributed by atoms with van der Waals surface area (Å²) < 4.78 is 1.98. The van der Waals surface area contributed by atoms with Crippen molar-refractivity contribution in [3.63, 3.8) is 0 Å². The molecule has 7 nitrogen and oxygen atoms in total. The van der Waals surface area contributed by atoms with E-state index in [1.807, 2.05) is 4.68 Å². The Morgan fingerprint density at radius 1 is 1.28 bits per heavy atom. The smallest absolute Gasteiger partial charge is 0.163 e. The van der Waals surface area contributed by atoms with E-state index in [2.05, 4.69) is 36.1 Å². The van der Waals surface area contributed by atoms with Gasteiger partial charge in [0.1, 0.15) is 12.1 Å². The summed E-state index contributed by atoms with van der Waals surface area (Å²) >= 11 is 0. The summed E-state index contributed by atoms with van der Waals surface area (Å²) in [6.45, 7) is 7.34. The highest BCUT2D eigenvalue weighted by Crippen LogP contribution is 2.29. The lowest BCUT2D eigenvalue weighted by atomic mass is 10.1. The molecule has 0 bridgehead atoms. The van der Waals surface area contributed by atoms with Crippen molar-refractivity contribution >= 4 is 16.9 Å². The van der Waals surface area contributed by atoms with Crippen molar-refractivity contribution in [2.45, 2.75) is 77.7 Å². The first kappa shape index (κ1) is 18.1. The van der Waals surface area contributed by atoms with E-state index < -0.39 is 12.2 Å². The summed E-state index contributed by atoms with van der Waals surface area (Å²) in [4.78, 5) is 8.89. The first-order valence-electron chi connectivity index (χ1n) is 9.34. The van der Waals surface area contributed by atoms with Gasteiger partial charge in [0.05, 0.1) is 29.3 Å². The Hall–Kier alpha value is -1.73. The highest BCUT2D eigenvalue weighted by Gasteiger charge is 2.34. The third-order valence-corrected chi connectivity index (χ3v) is 4.83. The standard InChI is InChI=1S/C18H29N5O2/c1-4-5-8-23-18-15(13(22-23)9-11(2)3)17(19-10-20-18)21-12-6-7-14(24)16(12)25/h10-12,14,16,24-25H,4-9H2,1-3H3,(H,19,20,21)/t12-,14-,16-/m1/s1. The van der Waals surface area contributed by atoms with Crippen LogP contribution in [0.15, 0.2) is 6.33 Å². The number of anilines is 1. The maximum absolute atomic E-state index is 10.2. The number of nitrogens with one attached hydrogen (secondary N) is 1. The van der Waals surface area contributed by atoms with Gasteiger partial charge in [-0.2, -0.15) is 5.10 Å².